The standard InChI is InChI=1S/C6H14N4OS/c1-11-3-2-4(7)12-6(10)5(8)9/h6-7H,2-3,10H2,1H3,(H3,8,9). The van der Waals surface area contributed by atoms with Crippen LogP contribution in [0, 0.1) is 10.8 Å². The van der Waals surface area contributed by atoms with E-state index in [1.54, 1.807) is 7.11 Å². The lowest BCUT2D eigenvalue weighted by atomic mass is 10.5. The predicted octanol–water partition coefficient (Wildman–Crippen LogP) is -0.0459. The van der Waals surface area contributed by atoms with E-state index in [0.29, 0.717) is 18.1 Å². The number of nitrogens with two attached hydrogens (primary N) is 2. The Balaban J connectivity index is 3.61. The molecule has 0 saturated heterocycles. The Kier molecular flexibility index (Phi) is 5.69. The maximum Gasteiger partial charge on any atom is 0.119 e. The van der Waals surface area contributed by atoms with Crippen molar-refractivity contribution >= 4 is 22.6 Å². The number of rotatable bonds is 5. The van der Waals surface area contributed by atoms with E-state index < -0.39 is 5.37 Å². The third-order valence-corrected chi connectivity index (χ3v) is 2.11. The maximum absolute atomic E-state index is 7.37. The average molecular weight is 190 g/mol. The molecule has 6 N–H and O–H groups in total. The highest BCUT2D eigenvalue weighted by molar-refractivity contribution is 8.14. The van der Waals surface area contributed by atoms with Gasteiger partial charge in [-0.3, -0.25) is 10.8 Å². The van der Waals surface area contributed by atoms with Gasteiger partial charge < -0.3 is 16.2 Å². The first-order valence-corrected chi connectivity index (χ1v) is 4.28. The summed E-state index contributed by atoms with van der Waals surface area (Å²) in [6.07, 6.45) is 0.516. The van der Waals surface area contributed by atoms with Gasteiger partial charge in [-0.15, -0.1) is 0 Å². The van der Waals surface area contributed by atoms with Gasteiger partial charge in [-0.25, -0.2) is 0 Å². The fraction of sp³-hybridized carbons (Fsp3) is 0.667. The van der Waals surface area contributed by atoms with Crippen molar-refractivity contribution in [2.45, 2.75) is 11.8 Å². The van der Waals surface area contributed by atoms with Gasteiger partial charge >= 0.3 is 0 Å². The molecule has 0 aromatic rings. The molecule has 12 heavy (non-hydrogen) atoms. The van der Waals surface area contributed by atoms with Crippen LogP contribution >= 0.6 is 11.8 Å². The van der Waals surface area contributed by atoms with Crippen LogP contribution in [0.1, 0.15) is 6.42 Å². The van der Waals surface area contributed by atoms with Crippen LogP contribution in [-0.2, 0) is 4.74 Å². The van der Waals surface area contributed by atoms with E-state index in [0.717, 1.165) is 11.8 Å². The fourth-order valence-corrected chi connectivity index (χ4v) is 1.11. The second-order valence-electron chi connectivity index (χ2n) is 2.16. The Morgan fingerprint density at radius 3 is 2.58 bits per heavy atom. The molecule has 0 aliphatic heterocycles. The van der Waals surface area contributed by atoms with E-state index in [2.05, 4.69) is 0 Å². The molecule has 0 aromatic carbocycles. The first-order chi connectivity index (χ1) is 5.57. The topological polar surface area (TPSA) is 109 Å². The van der Waals surface area contributed by atoms with Gasteiger partial charge in [-0.05, 0) is 0 Å². The van der Waals surface area contributed by atoms with E-state index >= 15 is 0 Å². The highest BCUT2D eigenvalue weighted by Gasteiger charge is 2.09. The highest BCUT2D eigenvalue weighted by Crippen LogP contribution is 2.09. The molecule has 0 aromatic heterocycles. The number of nitrogens with one attached hydrogen (secondary N) is 2. The molecule has 0 heterocycles. The van der Waals surface area contributed by atoms with Crippen molar-refractivity contribution < 1.29 is 4.74 Å². The predicted molar refractivity (Wildman–Crippen MR) is 51.7 cm³/mol. The molecule has 5 nitrogen and oxygen atoms in total. The van der Waals surface area contributed by atoms with Crippen LogP contribution in [0.5, 0.6) is 0 Å². The van der Waals surface area contributed by atoms with Crippen molar-refractivity contribution in [2.75, 3.05) is 13.7 Å². The SMILES string of the molecule is COCCC(=N)SC(N)C(=N)N. The van der Waals surface area contributed by atoms with Crippen molar-refractivity contribution in [3.63, 3.8) is 0 Å². The van der Waals surface area contributed by atoms with Crippen LogP contribution in [0.2, 0.25) is 0 Å². The van der Waals surface area contributed by atoms with Gasteiger partial charge in [0.05, 0.1) is 11.7 Å². The number of hydrogen-bond donors (Lipinski definition) is 4. The van der Waals surface area contributed by atoms with Gasteiger partial charge in [0.2, 0.25) is 0 Å². The van der Waals surface area contributed by atoms with Crippen LogP contribution in [0.15, 0.2) is 0 Å². The zero-order valence-corrected chi connectivity index (χ0v) is 7.78. The zero-order chi connectivity index (χ0) is 9.56. The molecule has 0 aliphatic carbocycles. The molecular formula is C6H14N4OS. The molecule has 70 valence electrons. The maximum atomic E-state index is 7.37. The van der Waals surface area contributed by atoms with Crippen LogP contribution < -0.4 is 11.5 Å². The second kappa shape index (κ2) is 5.99. The molecule has 0 fully saturated rings. The Bertz CT molecular complexity index is 173. The van der Waals surface area contributed by atoms with Crippen molar-refractivity contribution in [3.05, 3.63) is 0 Å². The van der Waals surface area contributed by atoms with E-state index in [-0.39, 0.29) is 5.84 Å². The Hall–Kier alpha value is -0.590. The van der Waals surface area contributed by atoms with Gasteiger partial charge in [0, 0.05) is 13.5 Å². The molecule has 1 unspecified atom stereocenters. The third kappa shape index (κ3) is 5.11. The summed E-state index contributed by atoms with van der Waals surface area (Å²) in [7, 11) is 1.57. The van der Waals surface area contributed by atoms with Crippen molar-refractivity contribution in [1.82, 2.24) is 0 Å². The number of amidine groups is 1. The van der Waals surface area contributed by atoms with E-state index in [1.807, 2.05) is 0 Å². The quantitative estimate of drug-likeness (QED) is 0.277. The van der Waals surface area contributed by atoms with Gasteiger partial charge in [-0.2, -0.15) is 0 Å². The number of hydrogen-bond acceptors (Lipinski definition) is 5. The molecule has 0 bridgehead atoms. The van der Waals surface area contributed by atoms with Gasteiger partial charge in [-0.1, -0.05) is 11.8 Å². The third-order valence-electron chi connectivity index (χ3n) is 1.11. The molecule has 0 spiro atoms. The zero-order valence-electron chi connectivity index (χ0n) is 6.96. The molecule has 0 rings (SSSR count). The first kappa shape index (κ1) is 11.4. The Labute approximate surface area is 75.9 Å². The van der Waals surface area contributed by atoms with Crippen molar-refractivity contribution in [1.29, 1.82) is 10.8 Å². The summed E-state index contributed by atoms with van der Waals surface area (Å²) in [6, 6.07) is 0. The molecule has 0 aliphatic rings. The average Bonchev–Trinajstić information content (AvgIpc) is 2.00. The van der Waals surface area contributed by atoms with Gasteiger partial charge in [0.15, 0.2) is 0 Å². The summed E-state index contributed by atoms with van der Waals surface area (Å²) in [5.74, 6) is -0.109. The number of methoxy groups -OCH3 is 1. The molecule has 0 radical (unpaired) electrons. The van der Waals surface area contributed by atoms with Crippen molar-refractivity contribution in [3.8, 4) is 0 Å². The highest BCUT2D eigenvalue weighted by atomic mass is 32.2. The summed E-state index contributed by atoms with van der Waals surface area (Å²) < 4.78 is 4.77. The lowest BCUT2D eigenvalue weighted by Crippen LogP contribution is -2.33. The minimum absolute atomic E-state index is 0.109. The summed E-state index contributed by atoms with van der Waals surface area (Å²) in [6.45, 7) is 0.496. The van der Waals surface area contributed by atoms with Crippen LogP contribution in [0.3, 0.4) is 0 Å². The molecule has 0 amide bonds. The fourth-order valence-electron chi connectivity index (χ4n) is 0.470. The largest absolute Gasteiger partial charge is 0.386 e. The van der Waals surface area contributed by atoms with E-state index in [9.17, 15) is 0 Å². The minimum atomic E-state index is -0.602. The summed E-state index contributed by atoms with van der Waals surface area (Å²) in [5.41, 5.74) is 10.5. The van der Waals surface area contributed by atoms with E-state index in [1.165, 1.54) is 0 Å². The lowest BCUT2D eigenvalue weighted by molar-refractivity contribution is 0.208. The van der Waals surface area contributed by atoms with Gasteiger partial charge in [0.1, 0.15) is 11.2 Å². The molecule has 1 atom stereocenters. The lowest BCUT2D eigenvalue weighted by Gasteiger charge is -2.09. The van der Waals surface area contributed by atoms with Crippen LogP contribution in [-0.4, -0.2) is 30.0 Å². The van der Waals surface area contributed by atoms with Crippen molar-refractivity contribution in [2.24, 2.45) is 11.5 Å². The van der Waals surface area contributed by atoms with Crippen LogP contribution in [0.4, 0.5) is 0 Å². The monoisotopic (exact) mass is 190 g/mol. The first-order valence-electron chi connectivity index (χ1n) is 3.40. The number of ether oxygens (including phenoxy) is 1. The Morgan fingerprint density at radius 1 is 1.58 bits per heavy atom. The smallest absolute Gasteiger partial charge is 0.119 e. The summed E-state index contributed by atoms with van der Waals surface area (Å²) >= 11 is 1.08. The second-order valence-corrected chi connectivity index (χ2v) is 3.40. The molecular weight excluding hydrogens is 176 g/mol. The normalized spacial score (nSPS) is 12.5. The minimum Gasteiger partial charge on any atom is -0.386 e. The van der Waals surface area contributed by atoms with Crippen LogP contribution in [0.25, 0.3) is 0 Å². The molecule has 6 heteroatoms. The molecule has 0 saturated carbocycles. The van der Waals surface area contributed by atoms with E-state index in [4.69, 9.17) is 27.0 Å². The summed E-state index contributed by atoms with van der Waals surface area (Å²) in [5, 5.41) is 14.1. The number of thioether (sulfide) groups is 1. The van der Waals surface area contributed by atoms with Gasteiger partial charge in [0.25, 0.3) is 0 Å². The Morgan fingerprint density at radius 2 is 2.17 bits per heavy atom. The summed E-state index contributed by atoms with van der Waals surface area (Å²) in [4.78, 5) is 0.